The Labute approximate surface area is 138 Å². The fraction of sp³-hybridized carbons (Fsp3) is 0.625. The van der Waals surface area contributed by atoms with Gasteiger partial charge in [0.15, 0.2) is 0 Å². The molecule has 1 saturated carbocycles. The number of benzene rings is 1. The van der Waals surface area contributed by atoms with Gasteiger partial charge in [-0.25, -0.2) is 0 Å². The van der Waals surface area contributed by atoms with Crippen LogP contribution in [0.15, 0.2) is 30.3 Å². The quantitative estimate of drug-likeness (QED) is 0.632. The van der Waals surface area contributed by atoms with E-state index in [1.807, 2.05) is 30.3 Å². The lowest BCUT2D eigenvalue weighted by molar-refractivity contribution is -0.0216. The molecule has 6 nitrogen and oxygen atoms in total. The van der Waals surface area contributed by atoms with E-state index in [2.05, 4.69) is 9.44 Å². The summed E-state index contributed by atoms with van der Waals surface area (Å²) >= 11 is 0. The lowest BCUT2D eigenvalue weighted by Gasteiger charge is -2.23. The zero-order valence-electron chi connectivity index (χ0n) is 13.3. The Morgan fingerprint density at radius 2 is 1.83 bits per heavy atom. The van der Waals surface area contributed by atoms with Crippen LogP contribution in [0.3, 0.4) is 0 Å². The molecule has 1 atom stereocenters. The Morgan fingerprint density at radius 1 is 1.13 bits per heavy atom. The van der Waals surface area contributed by atoms with Gasteiger partial charge in [-0.2, -0.15) is 17.9 Å². The number of hydrogen-bond donors (Lipinski definition) is 3. The van der Waals surface area contributed by atoms with Crippen molar-refractivity contribution < 1.29 is 18.3 Å². The third-order valence-corrected chi connectivity index (χ3v) is 4.97. The molecule has 2 rings (SSSR count). The molecular weight excluding hydrogens is 316 g/mol. The molecule has 23 heavy (non-hydrogen) atoms. The molecule has 130 valence electrons. The Bertz CT molecular complexity index is 544. The van der Waals surface area contributed by atoms with Gasteiger partial charge in [-0.1, -0.05) is 49.6 Å². The minimum Gasteiger partial charge on any atom is -0.389 e. The van der Waals surface area contributed by atoms with Crippen molar-refractivity contribution in [3.8, 4) is 0 Å². The standard InChI is InChI=1S/C16H26N2O4S/c19-15(13-22-16-9-5-2-6-10-16)12-18-23(20,21)17-11-14-7-3-1-4-8-14/h1,3-4,7-8,15-19H,2,5-6,9-13H2/t15-/m1/s1. The molecule has 0 saturated heterocycles. The van der Waals surface area contributed by atoms with Crippen LogP contribution in [0.25, 0.3) is 0 Å². The smallest absolute Gasteiger partial charge is 0.277 e. The summed E-state index contributed by atoms with van der Waals surface area (Å²) in [4.78, 5) is 0. The minimum atomic E-state index is -3.63. The van der Waals surface area contributed by atoms with E-state index >= 15 is 0 Å². The maximum atomic E-state index is 11.8. The molecule has 0 heterocycles. The molecule has 3 N–H and O–H groups in total. The van der Waals surface area contributed by atoms with Crippen LogP contribution < -0.4 is 9.44 Å². The van der Waals surface area contributed by atoms with E-state index in [0.29, 0.717) is 0 Å². The molecule has 0 bridgehead atoms. The van der Waals surface area contributed by atoms with Crippen LogP contribution in [-0.4, -0.2) is 38.9 Å². The molecule has 0 amide bonds. The summed E-state index contributed by atoms with van der Waals surface area (Å²) in [6.07, 6.45) is 4.98. The monoisotopic (exact) mass is 342 g/mol. The topological polar surface area (TPSA) is 87.7 Å². The van der Waals surface area contributed by atoms with Crippen molar-refractivity contribution in [1.82, 2.24) is 9.44 Å². The highest BCUT2D eigenvalue weighted by atomic mass is 32.2. The van der Waals surface area contributed by atoms with Crippen molar-refractivity contribution in [2.45, 2.75) is 50.9 Å². The summed E-state index contributed by atoms with van der Waals surface area (Å²) in [5, 5.41) is 9.85. The van der Waals surface area contributed by atoms with Crippen molar-refractivity contribution >= 4 is 10.2 Å². The average molecular weight is 342 g/mol. The van der Waals surface area contributed by atoms with Crippen molar-refractivity contribution in [2.75, 3.05) is 13.2 Å². The van der Waals surface area contributed by atoms with Crippen molar-refractivity contribution in [2.24, 2.45) is 0 Å². The van der Waals surface area contributed by atoms with Gasteiger partial charge in [0.1, 0.15) is 0 Å². The molecule has 1 aliphatic carbocycles. The zero-order valence-corrected chi connectivity index (χ0v) is 14.1. The van der Waals surface area contributed by atoms with E-state index in [1.54, 1.807) is 0 Å². The van der Waals surface area contributed by atoms with E-state index < -0.39 is 16.3 Å². The van der Waals surface area contributed by atoms with Gasteiger partial charge < -0.3 is 9.84 Å². The molecule has 0 spiro atoms. The largest absolute Gasteiger partial charge is 0.389 e. The van der Waals surface area contributed by atoms with Crippen molar-refractivity contribution in [3.05, 3.63) is 35.9 Å². The van der Waals surface area contributed by atoms with Crippen LogP contribution in [0.2, 0.25) is 0 Å². The Kier molecular flexibility index (Phi) is 7.45. The summed E-state index contributed by atoms with van der Waals surface area (Å²) in [5.41, 5.74) is 0.874. The normalized spacial score (nSPS) is 18.0. The second-order valence-corrected chi connectivity index (χ2v) is 7.49. The van der Waals surface area contributed by atoms with Crippen LogP contribution in [0.5, 0.6) is 0 Å². The van der Waals surface area contributed by atoms with Crippen LogP contribution in [-0.2, 0) is 21.5 Å². The number of nitrogens with one attached hydrogen (secondary N) is 2. The number of aliphatic hydroxyl groups is 1. The number of rotatable bonds is 9. The fourth-order valence-electron chi connectivity index (χ4n) is 2.57. The molecule has 1 fully saturated rings. The minimum absolute atomic E-state index is 0.0587. The maximum Gasteiger partial charge on any atom is 0.277 e. The Balaban J connectivity index is 1.64. The Morgan fingerprint density at radius 3 is 2.52 bits per heavy atom. The predicted octanol–water partition coefficient (Wildman–Crippen LogP) is 1.32. The fourth-order valence-corrected chi connectivity index (χ4v) is 3.44. The van der Waals surface area contributed by atoms with Gasteiger partial charge in [0.2, 0.25) is 0 Å². The molecular formula is C16H26N2O4S. The maximum absolute atomic E-state index is 11.8. The molecule has 1 aromatic carbocycles. The first-order chi connectivity index (χ1) is 11.1. The van der Waals surface area contributed by atoms with Gasteiger partial charge in [0.25, 0.3) is 10.2 Å². The van der Waals surface area contributed by atoms with Crippen LogP contribution in [0.4, 0.5) is 0 Å². The second kappa shape index (κ2) is 9.34. The number of ether oxygens (including phenoxy) is 1. The van der Waals surface area contributed by atoms with E-state index in [4.69, 9.17) is 4.74 Å². The molecule has 7 heteroatoms. The van der Waals surface area contributed by atoms with Gasteiger partial charge in [0.05, 0.1) is 18.8 Å². The Hall–Kier alpha value is -0.990. The summed E-state index contributed by atoms with van der Waals surface area (Å²) < 4.78 is 34.1. The highest BCUT2D eigenvalue weighted by Crippen LogP contribution is 2.20. The lowest BCUT2D eigenvalue weighted by atomic mass is 9.98. The van der Waals surface area contributed by atoms with Crippen molar-refractivity contribution in [3.63, 3.8) is 0 Å². The average Bonchev–Trinajstić information content (AvgIpc) is 2.58. The van der Waals surface area contributed by atoms with Gasteiger partial charge >= 0.3 is 0 Å². The predicted molar refractivity (Wildman–Crippen MR) is 89.0 cm³/mol. The molecule has 0 radical (unpaired) electrons. The molecule has 0 aliphatic heterocycles. The van der Waals surface area contributed by atoms with Crippen LogP contribution >= 0.6 is 0 Å². The molecule has 0 aromatic heterocycles. The summed E-state index contributed by atoms with van der Waals surface area (Å²) in [7, 11) is -3.63. The lowest BCUT2D eigenvalue weighted by Crippen LogP contribution is -2.41. The van der Waals surface area contributed by atoms with E-state index in [0.717, 1.165) is 31.2 Å². The molecule has 1 aliphatic rings. The first kappa shape index (κ1) is 18.4. The number of aliphatic hydroxyl groups excluding tert-OH is 1. The highest BCUT2D eigenvalue weighted by molar-refractivity contribution is 7.87. The molecule has 1 aromatic rings. The van der Waals surface area contributed by atoms with Gasteiger partial charge in [-0.05, 0) is 18.4 Å². The molecule has 0 unspecified atom stereocenters. The first-order valence-corrected chi connectivity index (χ1v) is 9.61. The summed E-state index contributed by atoms with van der Waals surface area (Å²) in [6, 6.07) is 9.26. The third-order valence-electron chi connectivity index (χ3n) is 3.89. The first-order valence-electron chi connectivity index (χ1n) is 8.13. The second-order valence-electron chi connectivity index (χ2n) is 5.91. The highest BCUT2D eigenvalue weighted by Gasteiger charge is 2.17. The van der Waals surface area contributed by atoms with E-state index in [1.165, 1.54) is 6.42 Å². The number of hydrogen-bond acceptors (Lipinski definition) is 4. The van der Waals surface area contributed by atoms with Gasteiger partial charge in [0, 0.05) is 13.1 Å². The van der Waals surface area contributed by atoms with Crippen LogP contribution in [0, 0.1) is 0 Å². The van der Waals surface area contributed by atoms with Gasteiger partial charge in [-0.3, -0.25) is 0 Å². The summed E-state index contributed by atoms with van der Waals surface area (Å²) in [6.45, 7) is 0.313. The van der Waals surface area contributed by atoms with E-state index in [9.17, 15) is 13.5 Å². The van der Waals surface area contributed by atoms with Crippen molar-refractivity contribution in [1.29, 1.82) is 0 Å². The van der Waals surface area contributed by atoms with Gasteiger partial charge in [-0.15, -0.1) is 0 Å². The SMILES string of the molecule is O=S(=O)(NCc1ccccc1)NC[C@@H](O)COC1CCCCC1. The zero-order chi connectivity index (χ0) is 16.5. The van der Waals surface area contributed by atoms with E-state index in [-0.39, 0.29) is 25.8 Å². The third kappa shape index (κ3) is 7.41. The van der Waals surface area contributed by atoms with Crippen LogP contribution in [0.1, 0.15) is 37.7 Å². The summed E-state index contributed by atoms with van der Waals surface area (Å²) in [5.74, 6) is 0.